The largest absolute Gasteiger partial charge is 0.339 e. The summed E-state index contributed by atoms with van der Waals surface area (Å²) in [6.07, 6.45) is 7.33. The minimum Gasteiger partial charge on any atom is -0.339 e. The van der Waals surface area contributed by atoms with Crippen LogP contribution in [0, 0.1) is 0 Å². The van der Waals surface area contributed by atoms with Gasteiger partial charge in [-0.25, -0.2) is 9.78 Å². The van der Waals surface area contributed by atoms with E-state index in [9.17, 15) is 4.79 Å². The molecule has 0 radical (unpaired) electrons. The molecule has 1 heterocycles. The fourth-order valence-corrected chi connectivity index (χ4v) is 3.33. The van der Waals surface area contributed by atoms with E-state index >= 15 is 0 Å². The lowest BCUT2D eigenvalue weighted by Crippen LogP contribution is -2.39. The lowest BCUT2D eigenvalue weighted by molar-refractivity contribution is 0.244. The molecule has 0 bridgehead atoms. The first kappa shape index (κ1) is 17.8. The minimum absolute atomic E-state index is 0.185. The van der Waals surface area contributed by atoms with E-state index < -0.39 is 0 Å². The molecule has 132 valence electrons. The van der Waals surface area contributed by atoms with Crippen LogP contribution < -0.4 is 16.0 Å². The number of nitrogens with zero attached hydrogens (tertiary/aromatic N) is 1. The van der Waals surface area contributed by atoms with E-state index in [4.69, 9.17) is 23.2 Å². The Morgan fingerprint density at radius 2 is 1.88 bits per heavy atom. The third-order valence-electron chi connectivity index (χ3n) is 4.16. The van der Waals surface area contributed by atoms with Gasteiger partial charge >= 0.3 is 6.03 Å². The number of amides is 2. The van der Waals surface area contributed by atoms with Gasteiger partial charge in [0.05, 0.1) is 22.6 Å². The lowest BCUT2D eigenvalue weighted by atomic mass is 9.96. The standard InChI is InChI=1S/C18H20Cl2N4O/c19-12-6-8-16(15(20)10-12)24-17-9-7-14(11-21-17)23-18(25)22-13-4-2-1-3-5-13/h6-11,13H,1-5H2,(H,21,24)(H2,22,23,25). The van der Waals surface area contributed by atoms with Gasteiger partial charge in [-0.3, -0.25) is 0 Å². The molecular formula is C18H20Cl2N4O. The molecule has 0 aliphatic heterocycles. The summed E-state index contributed by atoms with van der Waals surface area (Å²) < 4.78 is 0. The first-order valence-corrected chi connectivity index (χ1v) is 9.11. The number of hydrogen-bond acceptors (Lipinski definition) is 3. The second-order valence-corrected chi connectivity index (χ2v) is 6.96. The SMILES string of the molecule is O=C(Nc1ccc(Nc2ccc(Cl)cc2Cl)nc1)NC1CCCCC1. The Morgan fingerprint density at radius 1 is 1.08 bits per heavy atom. The Morgan fingerprint density at radius 3 is 2.56 bits per heavy atom. The first-order valence-electron chi connectivity index (χ1n) is 8.36. The molecule has 1 aliphatic rings. The molecule has 1 aromatic carbocycles. The van der Waals surface area contributed by atoms with Gasteiger partial charge in [0, 0.05) is 11.1 Å². The molecule has 25 heavy (non-hydrogen) atoms. The molecule has 0 atom stereocenters. The first-order chi connectivity index (χ1) is 12.1. The highest BCUT2D eigenvalue weighted by molar-refractivity contribution is 6.36. The van der Waals surface area contributed by atoms with Crippen LogP contribution >= 0.6 is 23.2 Å². The van der Waals surface area contributed by atoms with Crippen molar-refractivity contribution in [2.24, 2.45) is 0 Å². The van der Waals surface area contributed by atoms with E-state index in [0.717, 1.165) is 12.8 Å². The molecule has 7 heteroatoms. The summed E-state index contributed by atoms with van der Waals surface area (Å²) in [7, 11) is 0. The second-order valence-electron chi connectivity index (χ2n) is 6.11. The maximum atomic E-state index is 12.0. The number of carbonyl (C=O) groups excluding carboxylic acids is 1. The zero-order chi connectivity index (χ0) is 17.6. The van der Waals surface area contributed by atoms with Crippen molar-refractivity contribution in [3.05, 3.63) is 46.6 Å². The molecule has 3 N–H and O–H groups in total. The molecule has 1 aliphatic carbocycles. The molecule has 1 aromatic heterocycles. The Kier molecular flexibility index (Phi) is 6.00. The predicted molar refractivity (Wildman–Crippen MR) is 103 cm³/mol. The third kappa shape index (κ3) is 5.25. The van der Waals surface area contributed by atoms with Gasteiger partial charge in [0.1, 0.15) is 5.82 Å². The summed E-state index contributed by atoms with van der Waals surface area (Å²) in [5.41, 5.74) is 1.36. The van der Waals surface area contributed by atoms with Gasteiger partial charge in [-0.2, -0.15) is 0 Å². The van der Waals surface area contributed by atoms with Crippen LogP contribution in [0.3, 0.4) is 0 Å². The van der Waals surface area contributed by atoms with Crippen LogP contribution in [0.5, 0.6) is 0 Å². The second kappa shape index (κ2) is 8.41. The Labute approximate surface area is 157 Å². The highest BCUT2D eigenvalue weighted by Gasteiger charge is 2.15. The van der Waals surface area contributed by atoms with Crippen molar-refractivity contribution in [1.29, 1.82) is 0 Å². The van der Waals surface area contributed by atoms with Crippen LogP contribution in [-0.4, -0.2) is 17.1 Å². The van der Waals surface area contributed by atoms with Crippen LogP contribution in [-0.2, 0) is 0 Å². The van der Waals surface area contributed by atoms with Crippen molar-refractivity contribution in [3.63, 3.8) is 0 Å². The summed E-state index contributed by atoms with van der Waals surface area (Å²) in [6.45, 7) is 0. The van der Waals surface area contributed by atoms with Crippen LogP contribution in [0.15, 0.2) is 36.5 Å². The molecule has 2 aromatic rings. The molecule has 1 fully saturated rings. The van der Waals surface area contributed by atoms with Crippen LogP contribution in [0.2, 0.25) is 10.0 Å². The summed E-state index contributed by atoms with van der Waals surface area (Å²) in [5.74, 6) is 0.627. The molecular weight excluding hydrogens is 359 g/mol. The Hall–Kier alpha value is -1.98. The zero-order valence-corrected chi connectivity index (χ0v) is 15.2. The van der Waals surface area contributed by atoms with Crippen molar-refractivity contribution in [1.82, 2.24) is 10.3 Å². The van der Waals surface area contributed by atoms with E-state index in [-0.39, 0.29) is 12.1 Å². The Balaban J connectivity index is 1.55. The summed E-state index contributed by atoms with van der Waals surface area (Å²) in [6, 6.07) is 8.86. The number of benzene rings is 1. The maximum absolute atomic E-state index is 12.0. The van der Waals surface area contributed by atoms with Gasteiger partial charge < -0.3 is 16.0 Å². The average Bonchev–Trinajstić information content (AvgIpc) is 2.60. The molecule has 5 nitrogen and oxygen atoms in total. The number of urea groups is 1. The van der Waals surface area contributed by atoms with Crippen LogP contribution in [0.4, 0.5) is 22.0 Å². The van der Waals surface area contributed by atoms with E-state index in [1.165, 1.54) is 19.3 Å². The highest BCUT2D eigenvalue weighted by atomic mass is 35.5. The quantitative estimate of drug-likeness (QED) is 0.649. The smallest absolute Gasteiger partial charge is 0.319 e. The minimum atomic E-state index is -0.185. The third-order valence-corrected chi connectivity index (χ3v) is 4.70. The predicted octanol–water partition coefficient (Wildman–Crippen LogP) is 5.59. The molecule has 2 amide bonds. The van der Waals surface area contributed by atoms with Crippen molar-refractivity contribution in [3.8, 4) is 0 Å². The van der Waals surface area contributed by atoms with E-state index in [0.29, 0.717) is 27.2 Å². The highest BCUT2D eigenvalue weighted by Crippen LogP contribution is 2.27. The van der Waals surface area contributed by atoms with Crippen molar-refractivity contribution in [2.45, 2.75) is 38.1 Å². The number of pyridine rings is 1. The normalized spacial score (nSPS) is 14.8. The summed E-state index contributed by atoms with van der Waals surface area (Å²) >= 11 is 12.0. The fraction of sp³-hybridized carbons (Fsp3) is 0.333. The number of hydrogen-bond donors (Lipinski definition) is 3. The summed E-state index contributed by atoms with van der Waals surface area (Å²) in [5, 5.41) is 10.0. The van der Waals surface area contributed by atoms with Crippen molar-refractivity contribution >= 4 is 46.4 Å². The van der Waals surface area contributed by atoms with Crippen molar-refractivity contribution in [2.75, 3.05) is 10.6 Å². The van der Waals surface area contributed by atoms with Gasteiger partial charge in [-0.05, 0) is 43.2 Å². The van der Waals surface area contributed by atoms with Gasteiger partial charge in [0.25, 0.3) is 0 Å². The topological polar surface area (TPSA) is 66.0 Å². The monoisotopic (exact) mass is 378 g/mol. The number of anilines is 3. The number of aromatic nitrogens is 1. The maximum Gasteiger partial charge on any atom is 0.319 e. The van der Waals surface area contributed by atoms with E-state index in [1.807, 2.05) is 0 Å². The Bertz CT molecular complexity index is 730. The molecule has 0 spiro atoms. The fourth-order valence-electron chi connectivity index (χ4n) is 2.87. The number of carbonyl (C=O) groups is 1. The molecule has 3 rings (SSSR count). The van der Waals surface area contributed by atoms with Gasteiger partial charge in [0.15, 0.2) is 0 Å². The molecule has 1 saturated carbocycles. The number of nitrogens with one attached hydrogen (secondary N) is 3. The summed E-state index contributed by atoms with van der Waals surface area (Å²) in [4.78, 5) is 16.3. The van der Waals surface area contributed by atoms with E-state index in [2.05, 4.69) is 20.9 Å². The van der Waals surface area contributed by atoms with Gasteiger partial charge in [0.2, 0.25) is 0 Å². The van der Waals surface area contributed by atoms with Crippen LogP contribution in [0.1, 0.15) is 32.1 Å². The van der Waals surface area contributed by atoms with Crippen molar-refractivity contribution < 1.29 is 4.79 Å². The van der Waals surface area contributed by atoms with Crippen LogP contribution in [0.25, 0.3) is 0 Å². The zero-order valence-electron chi connectivity index (χ0n) is 13.7. The number of halogens is 2. The average molecular weight is 379 g/mol. The van der Waals surface area contributed by atoms with E-state index in [1.54, 1.807) is 36.5 Å². The van der Waals surface area contributed by atoms with Gasteiger partial charge in [-0.1, -0.05) is 42.5 Å². The number of rotatable bonds is 4. The van der Waals surface area contributed by atoms with Gasteiger partial charge in [-0.15, -0.1) is 0 Å². The lowest BCUT2D eigenvalue weighted by Gasteiger charge is -2.22. The molecule has 0 unspecified atom stereocenters. The molecule has 0 saturated heterocycles.